The minimum absolute atomic E-state index is 0.0871. The number of nitrogens with zero attached hydrogens (tertiary/aromatic N) is 2. The van der Waals surface area contributed by atoms with Crippen LogP contribution in [-0.4, -0.2) is 28.4 Å². The van der Waals surface area contributed by atoms with E-state index < -0.39 is 0 Å². The molecule has 1 aliphatic rings. The molecule has 0 unspecified atom stereocenters. The topological polar surface area (TPSA) is 65.4 Å². The highest BCUT2D eigenvalue weighted by Crippen LogP contribution is 2.35. The molecule has 0 saturated carbocycles. The lowest BCUT2D eigenvalue weighted by molar-refractivity contribution is -0.124. The first-order valence-electron chi connectivity index (χ1n) is 8.30. The second-order valence-electron chi connectivity index (χ2n) is 6.01. The summed E-state index contributed by atoms with van der Waals surface area (Å²) in [6.45, 7) is 6.80. The highest BCUT2D eigenvalue weighted by Gasteiger charge is 2.22. The van der Waals surface area contributed by atoms with Crippen molar-refractivity contribution in [3.63, 3.8) is 0 Å². The Hall–Kier alpha value is -2.50. The van der Waals surface area contributed by atoms with Crippen molar-refractivity contribution in [1.82, 2.24) is 15.1 Å². The zero-order chi connectivity index (χ0) is 17.1. The second-order valence-corrected chi connectivity index (χ2v) is 6.01. The van der Waals surface area contributed by atoms with Crippen LogP contribution in [0.1, 0.15) is 37.9 Å². The number of carbonyl (C=O) groups is 1. The molecular formula is C18H23N3O3. The Morgan fingerprint density at radius 1 is 1.54 bits per heavy atom. The zero-order valence-electron chi connectivity index (χ0n) is 14.3. The van der Waals surface area contributed by atoms with E-state index in [1.807, 2.05) is 32.9 Å². The van der Waals surface area contributed by atoms with Crippen LogP contribution in [0.3, 0.4) is 0 Å². The van der Waals surface area contributed by atoms with E-state index in [1.165, 1.54) is 0 Å². The lowest BCUT2D eigenvalue weighted by Crippen LogP contribution is -2.31. The first-order chi connectivity index (χ1) is 11.6. The molecule has 0 bridgehead atoms. The van der Waals surface area contributed by atoms with Crippen molar-refractivity contribution in [3.05, 3.63) is 41.7 Å². The summed E-state index contributed by atoms with van der Waals surface area (Å²) < 4.78 is 13.2. The third-order valence-corrected chi connectivity index (χ3v) is 4.13. The molecule has 2 aromatic rings. The quantitative estimate of drug-likeness (QED) is 0.884. The molecular weight excluding hydrogens is 306 g/mol. The summed E-state index contributed by atoms with van der Waals surface area (Å²) in [7, 11) is 0. The summed E-state index contributed by atoms with van der Waals surface area (Å²) >= 11 is 0. The van der Waals surface area contributed by atoms with Crippen molar-refractivity contribution in [2.75, 3.05) is 6.61 Å². The molecule has 2 atom stereocenters. The summed E-state index contributed by atoms with van der Waals surface area (Å²) in [5.41, 5.74) is 2.08. The predicted molar refractivity (Wildman–Crippen MR) is 90.2 cm³/mol. The minimum Gasteiger partial charge on any atom is -0.494 e. The van der Waals surface area contributed by atoms with Crippen LogP contribution in [0.5, 0.6) is 11.5 Å². The summed E-state index contributed by atoms with van der Waals surface area (Å²) in [5, 5.41) is 7.06. The zero-order valence-corrected chi connectivity index (χ0v) is 14.3. The van der Waals surface area contributed by atoms with Gasteiger partial charge in [0.2, 0.25) is 5.91 Å². The number of amides is 1. The summed E-state index contributed by atoms with van der Waals surface area (Å²) in [5.74, 6) is 1.60. The molecule has 24 heavy (non-hydrogen) atoms. The van der Waals surface area contributed by atoms with Gasteiger partial charge in [-0.05, 0) is 39.0 Å². The van der Waals surface area contributed by atoms with Crippen molar-refractivity contribution in [3.8, 4) is 11.5 Å². The number of aromatic nitrogens is 2. The SMILES string of the molecule is CCOc1cc2c(cc1CNC(=O)[C@H](C)n1cccn1)O[C@@H](C)C2. The van der Waals surface area contributed by atoms with Gasteiger partial charge in [-0.25, -0.2) is 0 Å². The van der Waals surface area contributed by atoms with E-state index in [1.54, 1.807) is 23.1 Å². The Balaban J connectivity index is 1.72. The number of carbonyl (C=O) groups excluding carboxylic acids is 1. The molecule has 1 aromatic heterocycles. The van der Waals surface area contributed by atoms with Crippen LogP contribution in [0.2, 0.25) is 0 Å². The van der Waals surface area contributed by atoms with Gasteiger partial charge in [0.25, 0.3) is 0 Å². The van der Waals surface area contributed by atoms with E-state index in [2.05, 4.69) is 10.4 Å². The van der Waals surface area contributed by atoms with Gasteiger partial charge in [0.05, 0.1) is 6.61 Å². The van der Waals surface area contributed by atoms with Crippen LogP contribution in [-0.2, 0) is 17.8 Å². The van der Waals surface area contributed by atoms with Gasteiger partial charge in [-0.1, -0.05) is 0 Å². The number of hydrogen-bond donors (Lipinski definition) is 1. The summed E-state index contributed by atoms with van der Waals surface area (Å²) in [6, 6.07) is 5.45. The number of rotatable bonds is 6. The van der Waals surface area contributed by atoms with Crippen molar-refractivity contribution < 1.29 is 14.3 Å². The lowest BCUT2D eigenvalue weighted by Gasteiger charge is -2.15. The minimum atomic E-state index is -0.360. The Kier molecular flexibility index (Phi) is 4.74. The predicted octanol–water partition coefficient (Wildman–Crippen LogP) is 2.48. The third-order valence-electron chi connectivity index (χ3n) is 4.13. The molecule has 1 aliphatic heterocycles. The molecule has 0 spiro atoms. The number of hydrogen-bond acceptors (Lipinski definition) is 4. The summed E-state index contributed by atoms with van der Waals surface area (Å²) in [6.07, 6.45) is 4.51. The Morgan fingerprint density at radius 3 is 3.08 bits per heavy atom. The highest BCUT2D eigenvalue weighted by atomic mass is 16.5. The second kappa shape index (κ2) is 6.95. The van der Waals surface area contributed by atoms with Crippen molar-refractivity contribution in [2.45, 2.75) is 45.9 Å². The maximum Gasteiger partial charge on any atom is 0.244 e. The maximum absolute atomic E-state index is 12.3. The van der Waals surface area contributed by atoms with Crippen LogP contribution in [0, 0.1) is 0 Å². The van der Waals surface area contributed by atoms with E-state index in [0.717, 1.165) is 29.0 Å². The number of benzene rings is 1. The Morgan fingerprint density at radius 2 is 2.38 bits per heavy atom. The van der Waals surface area contributed by atoms with Crippen LogP contribution < -0.4 is 14.8 Å². The molecule has 128 valence electrons. The molecule has 0 aliphatic carbocycles. The van der Waals surface area contributed by atoms with Gasteiger partial charge in [0.1, 0.15) is 23.6 Å². The first kappa shape index (κ1) is 16.4. The molecule has 2 heterocycles. The van der Waals surface area contributed by atoms with E-state index in [4.69, 9.17) is 9.47 Å². The van der Waals surface area contributed by atoms with Crippen molar-refractivity contribution in [1.29, 1.82) is 0 Å². The van der Waals surface area contributed by atoms with Gasteiger partial charge >= 0.3 is 0 Å². The van der Waals surface area contributed by atoms with E-state index in [9.17, 15) is 4.79 Å². The Labute approximate surface area is 141 Å². The molecule has 0 saturated heterocycles. The standard InChI is InChI=1S/C18H23N3O3/c1-4-23-16-9-14-8-12(2)24-17(14)10-15(16)11-19-18(22)13(3)21-7-5-6-20-21/h5-7,9-10,12-13H,4,8,11H2,1-3H3,(H,19,22)/t12-,13-/m0/s1. The molecule has 3 rings (SSSR count). The molecule has 0 fully saturated rings. The number of ether oxygens (including phenoxy) is 2. The normalized spacial score (nSPS) is 17.0. The van der Waals surface area contributed by atoms with E-state index in [-0.39, 0.29) is 18.1 Å². The number of nitrogens with one attached hydrogen (secondary N) is 1. The van der Waals surface area contributed by atoms with Crippen LogP contribution >= 0.6 is 0 Å². The smallest absolute Gasteiger partial charge is 0.244 e. The highest BCUT2D eigenvalue weighted by molar-refractivity contribution is 5.79. The van der Waals surface area contributed by atoms with Gasteiger partial charge in [0.15, 0.2) is 0 Å². The summed E-state index contributed by atoms with van der Waals surface area (Å²) in [4.78, 5) is 12.3. The first-order valence-corrected chi connectivity index (χ1v) is 8.30. The van der Waals surface area contributed by atoms with Gasteiger partial charge in [-0.3, -0.25) is 9.48 Å². The van der Waals surface area contributed by atoms with Crippen molar-refractivity contribution in [2.24, 2.45) is 0 Å². The van der Waals surface area contributed by atoms with Gasteiger partial charge in [-0.2, -0.15) is 5.10 Å². The van der Waals surface area contributed by atoms with E-state index >= 15 is 0 Å². The number of fused-ring (bicyclic) bond motifs is 1. The monoisotopic (exact) mass is 329 g/mol. The van der Waals surface area contributed by atoms with Gasteiger partial charge in [0, 0.05) is 36.5 Å². The molecule has 1 N–H and O–H groups in total. The fraction of sp³-hybridized carbons (Fsp3) is 0.444. The average Bonchev–Trinajstić information content (AvgIpc) is 3.20. The largest absolute Gasteiger partial charge is 0.494 e. The van der Waals surface area contributed by atoms with Gasteiger partial charge in [-0.15, -0.1) is 0 Å². The molecule has 1 aromatic carbocycles. The van der Waals surface area contributed by atoms with Crippen LogP contribution in [0.15, 0.2) is 30.6 Å². The lowest BCUT2D eigenvalue weighted by atomic mass is 10.1. The molecule has 6 nitrogen and oxygen atoms in total. The van der Waals surface area contributed by atoms with Crippen molar-refractivity contribution >= 4 is 5.91 Å². The molecule has 0 radical (unpaired) electrons. The Bertz CT molecular complexity index is 713. The third kappa shape index (κ3) is 3.37. The van der Waals surface area contributed by atoms with E-state index in [0.29, 0.717) is 13.2 Å². The van der Waals surface area contributed by atoms with Gasteiger partial charge < -0.3 is 14.8 Å². The average molecular weight is 329 g/mol. The fourth-order valence-electron chi connectivity index (χ4n) is 2.87. The molecule has 1 amide bonds. The van der Waals surface area contributed by atoms with Crippen LogP contribution in [0.25, 0.3) is 0 Å². The van der Waals surface area contributed by atoms with Crippen LogP contribution in [0.4, 0.5) is 0 Å². The fourth-order valence-corrected chi connectivity index (χ4v) is 2.87. The molecule has 6 heteroatoms. The maximum atomic E-state index is 12.3.